The van der Waals surface area contributed by atoms with Gasteiger partial charge in [0.15, 0.2) is 0 Å². The third-order valence-electron chi connectivity index (χ3n) is 4.10. The number of fused-ring (bicyclic) bond motifs is 2. The van der Waals surface area contributed by atoms with E-state index in [1.165, 1.54) is 22.3 Å². The van der Waals surface area contributed by atoms with Crippen molar-refractivity contribution in [3.05, 3.63) is 53.1 Å². The molecule has 1 aliphatic carbocycles. The van der Waals surface area contributed by atoms with Crippen LogP contribution in [0.4, 0.5) is 5.69 Å². The van der Waals surface area contributed by atoms with Crippen LogP contribution in [-0.4, -0.2) is 33.8 Å². The molecule has 1 heterocycles. The molecule has 0 saturated heterocycles. The quantitative estimate of drug-likeness (QED) is 0.922. The van der Waals surface area contributed by atoms with E-state index in [0.29, 0.717) is 0 Å². The molecule has 0 radical (unpaired) electrons. The Morgan fingerprint density at radius 1 is 1.24 bits per heavy atom. The molecule has 1 atom stereocenters. The molecule has 3 heteroatoms. The highest BCUT2D eigenvalue weighted by atomic mass is 16.5. The van der Waals surface area contributed by atoms with Crippen molar-refractivity contribution in [2.24, 2.45) is 0 Å². The van der Waals surface area contributed by atoms with Gasteiger partial charge in [-0.25, -0.2) is 0 Å². The fourth-order valence-corrected chi connectivity index (χ4v) is 2.88. The maximum absolute atomic E-state index is 6.23. The smallest absolute Gasteiger partial charge is 0.143 e. The Bertz CT molecular complexity index is 653. The molecule has 0 bridgehead atoms. The average Bonchev–Trinajstić information content (AvgIpc) is 2.47. The van der Waals surface area contributed by atoms with Gasteiger partial charge < -0.3 is 15.0 Å². The van der Waals surface area contributed by atoms with E-state index in [1.54, 1.807) is 0 Å². The molecular weight excluding hydrogens is 260 g/mol. The number of ether oxygens (including phenoxy) is 1. The van der Waals surface area contributed by atoms with Crippen LogP contribution in [0, 0.1) is 0 Å². The minimum absolute atomic E-state index is 0.0308. The molecule has 3 nitrogen and oxygen atoms in total. The molecule has 1 unspecified atom stereocenters. The maximum atomic E-state index is 6.23. The number of anilines is 1. The number of nitrogens with one attached hydrogen (secondary N) is 1. The molecular formula is C18H22N2O. The third-order valence-corrected chi connectivity index (χ3v) is 4.10. The van der Waals surface area contributed by atoms with E-state index in [0.717, 1.165) is 18.0 Å². The minimum Gasteiger partial charge on any atom is -0.481 e. The van der Waals surface area contributed by atoms with E-state index in [9.17, 15) is 0 Å². The highest BCUT2D eigenvalue weighted by Gasteiger charge is 2.26. The summed E-state index contributed by atoms with van der Waals surface area (Å²) >= 11 is 0. The van der Waals surface area contributed by atoms with Crippen molar-refractivity contribution in [2.75, 3.05) is 32.6 Å². The fourth-order valence-electron chi connectivity index (χ4n) is 2.88. The number of hydrogen-bond donors (Lipinski definition) is 1. The zero-order chi connectivity index (χ0) is 15.0. The Balaban J connectivity index is 2.01. The monoisotopic (exact) mass is 282 g/mol. The molecule has 1 aliphatic heterocycles. The second kappa shape index (κ2) is 5.41. The maximum Gasteiger partial charge on any atom is 0.143 e. The first-order chi connectivity index (χ1) is 10.1. The Kier molecular flexibility index (Phi) is 3.60. The molecule has 0 saturated carbocycles. The van der Waals surface area contributed by atoms with Crippen LogP contribution in [0.2, 0.25) is 0 Å². The second-order valence-corrected chi connectivity index (χ2v) is 5.80. The van der Waals surface area contributed by atoms with Crippen molar-refractivity contribution in [2.45, 2.75) is 13.0 Å². The highest BCUT2D eigenvalue weighted by molar-refractivity contribution is 5.79. The van der Waals surface area contributed by atoms with Crippen molar-refractivity contribution in [3.63, 3.8) is 0 Å². The zero-order valence-electron chi connectivity index (χ0n) is 13.1. The van der Waals surface area contributed by atoms with Gasteiger partial charge in [0.2, 0.25) is 0 Å². The highest BCUT2D eigenvalue weighted by Crippen LogP contribution is 2.40. The number of nitrogens with zero attached hydrogens (tertiary/aromatic N) is 1. The number of benzene rings is 1. The molecule has 1 aromatic rings. The van der Waals surface area contributed by atoms with Gasteiger partial charge in [-0.05, 0) is 48.9 Å². The van der Waals surface area contributed by atoms with E-state index in [1.807, 2.05) is 21.1 Å². The lowest BCUT2D eigenvalue weighted by Crippen LogP contribution is -2.25. The van der Waals surface area contributed by atoms with Crippen LogP contribution < -0.4 is 15.0 Å². The number of allylic oxidation sites excluding steroid dienone is 1. The summed E-state index contributed by atoms with van der Waals surface area (Å²) < 4.78 is 6.23. The van der Waals surface area contributed by atoms with Crippen molar-refractivity contribution >= 4 is 11.3 Å². The molecule has 110 valence electrons. The first kappa shape index (κ1) is 14.0. The van der Waals surface area contributed by atoms with Crippen LogP contribution in [0.3, 0.4) is 0 Å². The first-order valence-electron chi connectivity index (χ1n) is 7.32. The summed E-state index contributed by atoms with van der Waals surface area (Å²) in [5.74, 6) is 0.975. The van der Waals surface area contributed by atoms with Gasteiger partial charge in [-0.15, -0.1) is 0 Å². The van der Waals surface area contributed by atoms with Crippen LogP contribution in [0.1, 0.15) is 12.5 Å². The van der Waals surface area contributed by atoms with Gasteiger partial charge in [0, 0.05) is 38.0 Å². The Hall–Kier alpha value is -2.00. The lowest BCUT2D eigenvalue weighted by Gasteiger charge is -2.30. The van der Waals surface area contributed by atoms with Crippen molar-refractivity contribution in [1.82, 2.24) is 5.32 Å². The first-order valence-corrected chi connectivity index (χ1v) is 7.32. The number of likely N-dealkylation sites (N-methyl/N-ethyl adjacent to an activating group) is 1. The molecule has 0 amide bonds. The Labute approximate surface area is 126 Å². The standard InChI is InChI=1S/C18H22N2O/c1-12-15-7-5-13(11-19-2)9-17(15)21-18-10-14(20(3)4)6-8-16(12)18/h5-10,17,19H,11H2,1-4H3. The summed E-state index contributed by atoms with van der Waals surface area (Å²) in [5, 5.41) is 3.19. The molecule has 0 aromatic heterocycles. The molecule has 1 N–H and O–H groups in total. The normalized spacial score (nSPS) is 19.6. The van der Waals surface area contributed by atoms with Crippen LogP contribution in [0.15, 0.2) is 47.6 Å². The lowest BCUT2D eigenvalue weighted by molar-refractivity contribution is 0.280. The molecule has 0 spiro atoms. The zero-order valence-corrected chi connectivity index (χ0v) is 13.1. The minimum atomic E-state index is 0.0308. The van der Waals surface area contributed by atoms with Crippen LogP contribution in [-0.2, 0) is 0 Å². The van der Waals surface area contributed by atoms with Gasteiger partial charge in [-0.1, -0.05) is 12.2 Å². The summed E-state index contributed by atoms with van der Waals surface area (Å²) in [6.07, 6.45) is 6.60. The third kappa shape index (κ3) is 2.49. The number of hydrogen-bond acceptors (Lipinski definition) is 3. The molecule has 0 fully saturated rings. The van der Waals surface area contributed by atoms with E-state index in [-0.39, 0.29) is 6.10 Å². The van der Waals surface area contributed by atoms with Gasteiger partial charge in [0.25, 0.3) is 0 Å². The van der Waals surface area contributed by atoms with E-state index < -0.39 is 0 Å². The Morgan fingerprint density at radius 3 is 2.76 bits per heavy atom. The molecule has 2 aliphatic rings. The predicted octanol–water partition coefficient (Wildman–Crippen LogP) is 3.00. The predicted molar refractivity (Wildman–Crippen MR) is 88.9 cm³/mol. The second-order valence-electron chi connectivity index (χ2n) is 5.80. The fraction of sp³-hybridized carbons (Fsp3) is 0.333. The SMILES string of the molecule is CNCC1=CC2Oc3cc(N(C)C)ccc3C(C)=C2C=C1. The van der Waals surface area contributed by atoms with E-state index >= 15 is 0 Å². The molecule has 21 heavy (non-hydrogen) atoms. The van der Waals surface area contributed by atoms with Crippen molar-refractivity contribution in [3.8, 4) is 5.75 Å². The summed E-state index contributed by atoms with van der Waals surface area (Å²) in [4.78, 5) is 2.10. The van der Waals surface area contributed by atoms with Gasteiger partial charge in [0.05, 0.1) is 0 Å². The van der Waals surface area contributed by atoms with Crippen molar-refractivity contribution in [1.29, 1.82) is 0 Å². The summed E-state index contributed by atoms with van der Waals surface area (Å²) in [5.41, 5.74) is 6.20. The van der Waals surface area contributed by atoms with E-state index in [2.05, 4.69) is 53.6 Å². The largest absolute Gasteiger partial charge is 0.481 e. The summed E-state index contributed by atoms with van der Waals surface area (Å²) in [6.45, 7) is 3.05. The van der Waals surface area contributed by atoms with E-state index in [4.69, 9.17) is 4.74 Å². The molecule has 3 rings (SSSR count). The van der Waals surface area contributed by atoms with Crippen LogP contribution in [0.25, 0.3) is 5.57 Å². The van der Waals surface area contributed by atoms with Crippen LogP contribution >= 0.6 is 0 Å². The average molecular weight is 282 g/mol. The lowest BCUT2D eigenvalue weighted by atomic mass is 9.89. The summed E-state index contributed by atoms with van der Waals surface area (Å²) in [7, 11) is 6.06. The van der Waals surface area contributed by atoms with Crippen molar-refractivity contribution < 1.29 is 4.74 Å². The van der Waals surface area contributed by atoms with Gasteiger partial charge in [-0.2, -0.15) is 0 Å². The van der Waals surface area contributed by atoms with Gasteiger partial charge in [0.1, 0.15) is 11.9 Å². The van der Waals surface area contributed by atoms with Gasteiger partial charge in [-0.3, -0.25) is 0 Å². The molecule has 1 aromatic carbocycles. The topological polar surface area (TPSA) is 24.5 Å². The number of rotatable bonds is 3. The van der Waals surface area contributed by atoms with Crippen LogP contribution in [0.5, 0.6) is 5.75 Å². The Morgan fingerprint density at radius 2 is 2.05 bits per heavy atom. The van der Waals surface area contributed by atoms with Gasteiger partial charge >= 0.3 is 0 Å². The summed E-state index contributed by atoms with van der Waals surface area (Å²) in [6, 6.07) is 6.42.